The lowest BCUT2D eigenvalue weighted by atomic mass is 9.91. The Bertz CT molecular complexity index is 394. The number of rotatable bonds is 10. The van der Waals surface area contributed by atoms with Crippen molar-refractivity contribution in [2.24, 2.45) is 5.92 Å². The van der Waals surface area contributed by atoms with E-state index in [1.54, 1.807) is 27.8 Å². The molecule has 0 radical (unpaired) electrons. The molecule has 2 N–H and O–H groups in total. The van der Waals surface area contributed by atoms with E-state index < -0.39 is 17.4 Å². The van der Waals surface area contributed by atoms with Gasteiger partial charge in [-0.1, -0.05) is 26.7 Å². The molecule has 1 atom stereocenters. The van der Waals surface area contributed by atoms with E-state index in [2.05, 4.69) is 12.2 Å². The minimum Gasteiger partial charge on any atom is -0.481 e. The summed E-state index contributed by atoms with van der Waals surface area (Å²) in [6, 6.07) is 0. The minimum absolute atomic E-state index is 0.00413. The molecule has 22 heavy (non-hydrogen) atoms. The van der Waals surface area contributed by atoms with E-state index >= 15 is 0 Å². The third kappa shape index (κ3) is 8.64. The second kappa shape index (κ2) is 9.43. The number of hydrogen-bond donors (Lipinski definition) is 2. The van der Waals surface area contributed by atoms with E-state index in [4.69, 9.17) is 5.11 Å². The first kappa shape index (κ1) is 20.4. The summed E-state index contributed by atoms with van der Waals surface area (Å²) >= 11 is 0. The van der Waals surface area contributed by atoms with Gasteiger partial charge in [-0.25, -0.2) is 0 Å². The van der Waals surface area contributed by atoms with Gasteiger partial charge in [-0.2, -0.15) is 0 Å². The maximum atomic E-state index is 12.0. The number of carboxylic acid groups (broad SMARTS) is 1. The van der Waals surface area contributed by atoms with Gasteiger partial charge in [0.25, 0.3) is 0 Å². The van der Waals surface area contributed by atoms with Gasteiger partial charge in [-0.3, -0.25) is 14.4 Å². The summed E-state index contributed by atoms with van der Waals surface area (Å²) < 4.78 is 0. The molecule has 0 fully saturated rings. The van der Waals surface area contributed by atoms with Crippen LogP contribution in [0.15, 0.2) is 0 Å². The fraction of sp³-hybridized carbons (Fsp3) is 0.812. The van der Waals surface area contributed by atoms with Crippen LogP contribution < -0.4 is 5.32 Å². The molecule has 6 nitrogen and oxygen atoms in total. The third-order valence-corrected chi connectivity index (χ3v) is 3.52. The Kier molecular flexibility index (Phi) is 8.75. The van der Waals surface area contributed by atoms with Gasteiger partial charge in [0, 0.05) is 19.0 Å². The molecule has 0 saturated carbocycles. The summed E-state index contributed by atoms with van der Waals surface area (Å²) in [7, 11) is 1.61. The first-order valence-electron chi connectivity index (χ1n) is 7.87. The zero-order valence-electron chi connectivity index (χ0n) is 14.4. The number of amides is 2. The molecule has 6 heteroatoms. The van der Waals surface area contributed by atoms with Gasteiger partial charge in [0.15, 0.2) is 0 Å². The number of carboxylic acids is 1. The molecule has 0 aliphatic rings. The van der Waals surface area contributed by atoms with Gasteiger partial charge >= 0.3 is 5.97 Å². The predicted molar refractivity (Wildman–Crippen MR) is 85.4 cm³/mol. The number of nitrogens with one attached hydrogen (secondary N) is 1. The number of carbonyl (C=O) groups excluding carboxylic acids is 2. The highest BCUT2D eigenvalue weighted by atomic mass is 16.4. The largest absolute Gasteiger partial charge is 0.481 e. The molecule has 0 heterocycles. The number of likely N-dealkylation sites (N-methyl/N-ethyl adjacent to an activating group) is 1. The number of unbranched alkanes of at least 4 members (excludes halogenated alkanes) is 2. The standard InChI is InChI=1S/C16H30N2O4/c1-6-7-8-9-14(20)18(5)11-13(19)17-16(3,4)10-12(2)15(21)22/h12H,6-11H2,1-5H3,(H,17,19)(H,21,22). The number of nitrogens with zero attached hydrogens (tertiary/aromatic N) is 1. The normalized spacial score (nSPS) is 12.6. The van der Waals surface area contributed by atoms with Crippen LogP contribution in [0.1, 0.15) is 59.8 Å². The SMILES string of the molecule is CCCCCC(=O)N(C)CC(=O)NC(C)(C)CC(C)C(=O)O. The van der Waals surface area contributed by atoms with Crippen molar-refractivity contribution in [2.75, 3.05) is 13.6 Å². The van der Waals surface area contributed by atoms with Crippen molar-refractivity contribution in [3.05, 3.63) is 0 Å². The smallest absolute Gasteiger partial charge is 0.306 e. The molecular formula is C16H30N2O4. The topological polar surface area (TPSA) is 86.7 Å². The Labute approximate surface area is 133 Å². The fourth-order valence-corrected chi connectivity index (χ4v) is 2.34. The van der Waals surface area contributed by atoms with Crippen LogP contribution in [0.5, 0.6) is 0 Å². The van der Waals surface area contributed by atoms with Crippen molar-refractivity contribution >= 4 is 17.8 Å². The highest BCUT2D eigenvalue weighted by Crippen LogP contribution is 2.16. The van der Waals surface area contributed by atoms with Crippen molar-refractivity contribution in [2.45, 2.75) is 65.3 Å². The zero-order chi connectivity index (χ0) is 17.3. The molecule has 0 aromatic carbocycles. The first-order chi connectivity index (χ1) is 10.1. The molecule has 0 bridgehead atoms. The zero-order valence-corrected chi connectivity index (χ0v) is 14.4. The lowest BCUT2D eigenvalue weighted by molar-refractivity contribution is -0.142. The average Bonchev–Trinajstić information content (AvgIpc) is 2.36. The minimum atomic E-state index is -0.884. The van der Waals surface area contributed by atoms with Crippen LogP contribution in [0.3, 0.4) is 0 Å². The van der Waals surface area contributed by atoms with E-state index in [0.29, 0.717) is 12.8 Å². The highest BCUT2D eigenvalue weighted by Gasteiger charge is 2.27. The molecule has 0 saturated heterocycles. The Balaban J connectivity index is 4.30. The summed E-state index contributed by atoms with van der Waals surface area (Å²) in [4.78, 5) is 36.2. The Morgan fingerprint density at radius 2 is 1.82 bits per heavy atom. The van der Waals surface area contributed by atoms with E-state index in [-0.39, 0.29) is 18.4 Å². The predicted octanol–water partition coefficient (Wildman–Crippen LogP) is 2.03. The first-order valence-corrected chi connectivity index (χ1v) is 7.87. The van der Waals surface area contributed by atoms with Crippen LogP contribution in [0, 0.1) is 5.92 Å². The third-order valence-electron chi connectivity index (χ3n) is 3.52. The fourth-order valence-electron chi connectivity index (χ4n) is 2.34. The van der Waals surface area contributed by atoms with Gasteiger partial charge in [0.05, 0.1) is 12.5 Å². The lowest BCUT2D eigenvalue weighted by Crippen LogP contribution is -2.49. The van der Waals surface area contributed by atoms with Gasteiger partial charge < -0.3 is 15.3 Å². The van der Waals surface area contributed by atoms with E-state index in [1.807, 2.05) is 0 Å². The number of aliphatic carboxylic acids is 1. The molecule has 0 aromatic heterocycles. The Hall–Kier alpha value is -1.59. The summed E-state index contributed by atoms with van der Waals surface area (Å²) in [5.74, 6) is -1.73. The van der Waals surface area contributed by atoms with Crippen LogP contribution in [-0.4, -0.2) is 46.9 Å². The van der Waals surface area contributed by atoms with Gasteiger partial charge in [-0.15, -0.1) is 0 Å². The van der Waals surface area contributed by atoms with Crippen LogP contribution in [0.25, 0.3) is 0 Å². The van der Waals surface area contributed by atoms with Crippen LogP contribution in [-0.2, 0) is 14.4 Å². The summed E-state index contributed by atoms with van der Waals surface area (Å²) in [5.41, 5.74) is -0.624. The summed E-state index contributed by atoms with van der Waals surface area (Å²) in [6.07, 6.45) is 3.68. The van der Waals surface area contributed by atoms with Crippen molar-refractivity contribution in [1.82, 2.24) is 10.2 Å². The van der Waals surface area contributed by atoms with Gasteiger partial charge in [0.2, 0.25) is 11.8 Å². The Morgan fingerprint density at radius 3 is 2.32 bits per heavy atom. The second-order valence-corrected chi connectivity index (χ2v) is 6.58. The average molecular weight is 314 g/mol. The Morgan fingerprint density at radius 1 is 1.23 bits per heavy atom. The van der Waals surface area contributed by atoms with Crippen molar-refractivity contribution in [3.8, 4) is 0 Å². The molecule has 0 aromatic rings. The molecule has 0 aliphatic carbocycles. The van der Waals surface area contributed by atoms with Crippen molar-refractivity contribution in [3.63, 3.8) is 0 Å². The molecular weight excluding hydrogens is 284 g/mol. The quantitative estimate of drug-likeness (QED) is 0.604. The molecule has 2 amide bonds. The maximum Gasteiger partial charge on any atom is 0.306 e. The second-order valence-electron chi connectivity index (χ2n) is 6.58. The van der Waals surface area contributed by atoms with Crippen molar-refractivity contribution < 1.29 is 19.5 Å². The van der Waals surface area contributed by atoms with Crippen LogP contribution in [0.2, 0.25) is 0 Å². The monoisotopic (exact) mass is 314 g/mol. The van der Waals surface area contributed by atoms with Crippen LogP contribution in [0.4, 0.5) is 0 Å². The molecule has 0 rings (SSSR count). The van der Waals surface area contributed by atoms with Gasteiger partial charge in [0.1, 0.15) is 0 Å². The van der Waals surface area contributed by atoms with E-state index in [1.165, 1.54) is 4.90 Å². The molecule has 128 valence electrons. The summed E-state index contributed by atoms with van der Waals surface area (Å²) in [6.45, 7) is 7.25. The highest BCUT2D eigenvalue weighted by molar-refractivity contribution is 5.85. The van der Waals surface area contributed by atoms with Gasteiger partial charge in [-0.05, 0) is 26.7 Å². The van der Waals surface area contributed by atoms with Crippen molar-refractivity contribution in [1.29, 1.82) is 0 Å². The number of hydrogen-bond acceptors (Lipinski definition) is 3. The molecule has 1 unspecified atom stereocenters. The summed E-state index contributed by atoms with van der Waals surface area (Å²) in [5, 5.41) is 11.7. The molecule has 0 spiro atoms. The van der Waals surface area contributed by atoms with E-state index in [0.717, 1.165) is 19.3 Å². The lowest BCUT2D eigenvalue weighted by Gasteiger charge is -2.29. The number of carbonyl (C=O) groups is 3. The van der Waals surface area contributed by atoms with Crippen LogP contribution >= 0.6 is 0 Å². The van der Waals surface area contributed by atoms with E-state index in [9.17, 15) is 14.4 Å². The molecule has 0 aliphatic heterocycles. The maximum absolute atomic E-state index is 12.0.